The lowest BCUT2D eigenvalue weighted by molar-refractivity contribution is -0.131. The molecule has 0 spiro atoms. The van der Waals surface area contributed by atoms with Crippen molar-refractivity contribution >= 4 is 17.2 Å². The molecule has 0 aliphatic heterocycles. The average molecular weight is 267 g/mol. The summed E-state index contributed by atoms with van der Waals surface area (Å²) in [6, 6.07) is 4.06. The third kappa shape index (κ3) is 5.47. The molecule has 0 aliphatic carbocycles. The van der Waals surface area contributed by atoms with Gasteiger partial charge in [-0.15, -0.1) is 17.9 Å². The average Bonchev–Trinajstić information content (AvgIpc) is 2.87. The van der Waals surface area contributed by atoms with E-state index in [9.17, 15) is 4.79 Å². The Morgan fingerprint density at radius 1 is 1.56 bits per heavy atom. The molecule has 0 atom stereocenters. The zero-order chi connectivity index (χ0) is 13.2. The maximum Gasteiger partial charge on any atom is 0.223 e. The van der Waals surface area contributed by atoms with Gasteiger partial charge in [0.25, 0.3) is 0 Å². The first-order valence-corrected chi connectivity index (χ1v) is 7.06. The molecule has 3 nitrogen and oxygen atoms in total. The van der Waals surface area contributed by atoms with E-state index >= 15 is 0 Å². The summed E-state index contributed by atoms with van der Waals surface area (Å²) in [4.78, 5) is 15.1. The van der Waals surface area contributed by atoms with Crippen LogP contribution in [0.2, 0.25) is 0 Å². The van der Waals surface area contributed by atoms with Gasteiger partial charge >= 0.3 is 0 Å². The van der Waals surface area contributed by atoms with Crippen LogP contribution in [0, 0.1) is 0 Å². The summed E-state index contributed by atoms with van der Waals surface area (Å²) in [6.45, 7) is 5.73. The second kappa shape index (κ2) is 8.89. The maximum absolute atomic E-state index is 12.1. The molecule has 1 aromatic rings. The van der Waals surface area contributed by atoms with Gasteiger partial charge in [-0.3, -0.25) is 4.79 Å². The largest absolute Gasteiger partial charge is 0.385 e. The minimum Gasteiger partial charge on any atom is -0.385 e. The quantitative estimate of drug-likeness (QED) is 0.508. The van der Waals surface area contributed by atoms with Crippen molar-refractivity contribution in [2.45, 2.75) is 25.8 Å². The SMILES string of the molecule is C=CCN(Cc1cccs1)C(=O)CCCCOC. The van der Waals surface area contributed by atoms with Gasteiger partial charge < -0.3 is 9.64 Å². The molecule has 0 aliphatic rings. The summed E-state index contributed by atoms with van der Waals surface area (Å²) in [5.41, 5.74) is 0. The predicted octanol–water partition coefficient (Wildman–Crippen LogP) is 3.08. The van der Waals surface area contributed by atoms with Gasteiger partial charge in [-0.1, -0.05) is 12.1 Å². The Morgan fingerprint density at radius 3 is 3.00 bits per heavy atom. The minimum absolute atomic E-state index is 0.194. The number of carbonyl (C=O) groups excluding carboxylic acids is 1. The van der Waals surface area contributed by atoms with Crippen molar-refractivity contribution < 1.29 is 9.53 Å². The number of amides is 1. The summed E-state index contributed by atoms with van der Waals surface area (Å²) in [5.74, 6) is 0.194. The van der Waals surface area contributed by atoms with E-state index < -0.39 is 0 Å². The van der Waals surface area contributed by atoms with Crippen molar-refractivity contribution in [1.82, 2.24) is 4.90 Å². The van der Waals surface area contributed by atoms with E-state index in [1.165, 1.54) is 4.88 Å². The van der Waals surface area contributed by atoms with E-state index in [1.807, 2.05) is 16.3 Å². The van der Waals surface area contributed by atoms with Gasteiger partial charge in [0.1, 0.15) is 0 Å². The molecule has 0 radical (unpaired) electrons. The number of hydrogen-bond acceptors (Lipinski definition) is 3. The van der Waals surface area contributed by atoms with Crippen molar-refractivity contribution in [2.75, 3.05) is 20.3 Å². The number of rotatable bonds is 9. The lowest BCUT2D eigenvalue weighted by atomic mass is 10.2. The molecule has 1 amide bonds. The van der Waals surface area contributed by atoms with Gasteiger partial charge in [0.05, 0.1) is 6.54 Å². The smallest absolute Gasteiger partial charge is 0.223 e. The second-order valence-corrected chi connectivity index (χ2v) is 5.12. The van der Waals surface area contributed by atoms with Crippen LogP contribution in [0.15, 0.2) is 30.2 Å². The van der Waals surface area contributed by atoms with Crippen molar-refractivity contribution in [3.8, 4) is 0 Å². The lowest BCUT2D eigenvalue weighted by Crippen LogP contribution is -2.30. The first-order chi connectivity index (χ1) is 8.77. The molecule has 1 aromatic heterocycles. The summed E-state index contributed by atoms with van der Waals surface area (Å²) in [6.07, 6.45) is 4.18. The molecule has 4 heteroatoms. The molecule has 0 aromatic carbocycles. The van der Waals surface area contributed by atoms with Crippen LogP contribution in [0.25, 0.3) is 0 Å². The van der Waals surface area contributed by atoms with E-state index in [1.54, 1.807) is 24.5 Å². The molecule has 0 fully saturated rings. The van der Waals surface area contributed by atoms with Gasteiger partial charge in [-0.25, -0.2) is 0 Å². The molecule has 0 saturated heterocycles. The van der Waals surface area contributed by atoms with Crippen LogP contribution in [-0.4, -0.2) is 31.1 Å². The fraction of sp³-hybridized carbons (Fsp3) is 0.500. The number of thiophene rings is 1. The monoisotopic (exact) mass is 267 g/mol. The van der Waals surface area contributed by atoms with Gasteiger partial charge in [-0.05, 0) is 24.3 Å². The van der Waals surface area contributed by atoms with Crippen LogP contribution >= 0.6 is 11.3 Å². The normalized spacial score (nSPS) is 10.3. The Hall–Kier alpha value is -1.13. The highest BCUT2D eigenvalue weighted by molar-refractivity contribution is 7.09. The first-order valence-electron chi connectivity index (χ1n) is 6.18. The molecule has 18 heavy (non-hydrogen) atoms. The zero-order valence-electron chi connectivity index (χ0n) is 10.9. The summed E-state index contributed by atoms with van der Waals surface area (Å²) < 4.78 is 4.98. The molecular weight excluding hydrogens is 246 g/mol. The maximum atomic E-state index is 12.1. The predicted molar refractivity (Wildman–Crippen MR) is 75.7 cm³/mol. The Balaban J connectivity index is 2.40. The third-order valence-electron chi connectivity index (χ3n) is 2.62. The molecule has 1 heterocycles. The Bertz CT molecular complexity index is 349. The third-order valence-corrected chi connectivity index (χ3v) is 3.48. The molecule has 1 rings (SSSR count). The number of ether oxygens (including phenoxy) is 1. The van der Waals surface area contributed by atoms with Gasteiger partial charge in [0, 0.05) is 31.6 Å². The lowest BCUT2D eigenvalue weighted by Gasteiger charge is -2.20. The van der Waals surface area contributed by atoms with Gasteiger partial charge in [0.2, 0.25) is 5.91 Å². The van der Waals surface area contributed by atoms with Crippen LogP contribution in [0.3, 0.4) is 0 Å². The van der Waals surface area contributed by atoms with Crippen LogP contribution < -0.4 is 0 Å². The number of carbonyl (C=O) groups is 1. The van der Waals surface area contributed by atoms with Crippen LogP contribution in [0.4, 0.5) is 0 Å². The Kier molecular flexibility index (Phi) is 7.37. The van der Waals surface area contributed by atoms with E-state index in [-0.39, 0.29) is 5.91 Å². The molecular formula is C14H21NO2S. The van der Waals surface area contributed by atoms with Gasteiger partial charge in [0.15, 0.2) is 0 Å². The molecule has 0 unspecified atom stereocenters. The molecule has 0 saturated carbocycles. The Labute approximate surface area is 113 Å². The molecule has 0 N–H and O–H groups in total. The van der Waals surface area contributed by atoms with Crippen molar-refractivity contribution in [3.63, 3.8) is 0 Å². The summed E-state index contributed by atoms with van der Waals surface area (Å²) in [5, 5.41) is 2.03. The molecule has 0 bridgehead atoms. The highest BCUT2D eigenvalue weighted by Crippen LogP contribution is 2.13. The number of nitrogens with zero attached hydrogens (tertiary/aromatic N) is 1. The van der Waals surface area contributed by atoms with Crippen molar-refractivity contribution in [2.24, 2.45) is 0 Å². The number of unbranched alkanes of at least 4 members (excludes halogenated alkanes) is 1. The van der Waals surface area contributed by atoms with Crippen LogP contribution in [-0.2, 0) is 16.1 Å². The van der Waals surface area contributed by atoms with Crippen molar-refractivity contribution in [1.29, 1.82) is 0 Å². The van der Waals surface area contributed by atoms with E-state index in [0.717, 1.165) is 19.4 Å². The standard InChI is InChI=1S/C14H21NO2S/c1-3-9-15(12-13-7-6-11-18-13)14(16)8-4-5-10-17-2/h3,6-7,11H,1,4-5,8-10,12H2,2H3. The second-order valence-electron chi connectivity index (χ2n) is 4.09. The van der Waals surface area contributed by atoms with E-state index in [4.69, 9.17) is 4.74 Å². The van der Waals surface area contributed by atoms with Crippen molar-refractivity contribution in [3.05, 3.63) is 35.0 Å². The fourth-order valence-corrected chi connectivity index (χ4v) is 2.40. The highest BCUT2D eigenvalue weighted by Gasteiger charge is 2.12. The molecule has 100 valence electrons. The first kappa shape index (κ1) is 14.9. The fourth-order valence-electron chi connectivity index (χ4n) is 1.68. The summed E-state index contributed by atoms with van der Waals surface area (Å²) in [7, 11) is 1.68. The zero-order valence-corrected chi connectivity index (χ0v) is 11.7. The summed E-state index contributed by atoms with van der Waals surface area (Å²) >= 11 is 1.68. The number of methoxy groups -OCH3 is 1. The minimum atomic E-state index is 0.194. The highest BCUT2D eigenvalue weighted by atomic mass is 32.1. The van der Waals surface area contributed by atoms with E-state index in [2.05, 4.69) is 12.6 Å². The van der Waals surface area contributed by atoms with Crippen LogP contribution in [0.5, 0.6) is 0 Å². The van der Waals surface area contributed by atoms with Crippen LogP contribution in [0.1, 0.15) is 24.1 Å². The van der Waals surface area contributed by atoms with Gasteiger partial charge in [-0.2, -0.15) is 0 Å². The Morgan fingerprint density at radius 2 is 2.39 bits per heavy atom. The van der Waals surface area contributed by atoms with E-state index in [0.29, 0.717) is 19.5 Å². The number of hydrogen-bond donors (Lipinski definition) is 0. The topological polar surface area (TPSA) is 29.5 Å².